The molecule has 0 aromatic heterocycles. The molecule has 0 fully saturated rings. The van der Waals surface area contributed by atoms with E-state index in [4.69, 9.17) is 4.74 Å². The first-order valence-electron chi connectivity index (χ1n) is 6.15. The molecule has 0 N–H and O–H groups in total. The maximum atomic E-state index is 11.9. The molecule has 4 heteroatoms. The number of carbonyl (C=O) groups is 1. The lowest BCUT2D eigenvalue weighted by molar-refractivity contribution is -0.148. The third-order valence-corrected chi connectivity index (χ3v) is 3.88. The minimum atomic E-state index is -2.22. The van der Waals surface area contributed by atoms with E-state index in [0.29, 0.717) is 0 Å². The van der Waals surface area contributed by atoms with Gasteiger partial charge in [-0.2, -0.15) is 0 Å². The highest BCUT2D eigenvalue weighted by atomic mass is 31.2. The van der Waals surface area contributed by atoms with Gasteiger partial charge >= 0.3 is 5.97 Å². The Morgan fingerprint density at radius 3 is 2.11 bits per heavy atom. The van der Waals surface area contributed by atoms with Crippen LogP contribution in [-0.2, 0) is 14.1 Å². The van der Waals surface area contributed by atoms with E-state index in [1.54, 1.807) is 19.4 Å². The van der Waals surface area contributed by atoms with Gasteiger partial charge in [0.1, 0.15) is 12.7 Å². The lowest BCUT2D eigenvalue weighted by Gasteiger charge is -2.17. The average molecular weight is 280 g/mol. The van der Waals surface area contributed by atoms with Crippen molar-refractivity contribution in [3.63, 3.8) is 0 Å². The summed E-state index contributed by atoms with van der Waals surface area (Å²) in [5.41, 5.74) is 0.394. The van der Waals surface area contributed by atoms with Crippen LogP contribution in [0.1, 0.15) is 26.3 Å². The number of benzene rings is 1. The van der Waals surface area contributed by atoms with Crippen molar-refractivity contribution in [1.29, 1.82) is 0 Å². The van der Waals surface area contributed by atoms with E-state index < -0.39 is 12.7 Å². The summed E-state index contributed by atoms with van der Waals surface area (Å²) in [5.74, 6) is -0.367. The minimum absolute atomic E-state index is 0.367. The van der Waals surface area contributed by atoms with Gasteiger partial charge < -0.3 is 9.30 Å². The van der Waals surface area contributed by atoms with Crippen LogP contribution in [0.2, 0.25) is 0 Å². The van der Waals surface area contributed by atoms with Crippen LogP contribution in [0.4, 0.5) is 0 Å². The number of carbonyl (C=O) groups excluding carboxylic acids is 1. The van der Waals surface area contributed by atoms with Crippen LogP contribution in [0, 0.1) is 0 Å². The molecule has 0 aliphatic rings. The summed E-state index contributed by atoms with van der Waals surface area (Å²) in [4.78, 5) is 11.5. The van der Waals surface area contributed by atoms with Crippen molar-refractivity contribution in [2.24, 2.45) is 0 Å². The molecule has 104 valence electrons. The summed E-state index contributed by atoms with van der Waals surface area (Å²) in [6, 6.07) is 7.34. The molecule has 0 bridgehead atoms. The molecule has 19 heavy (non-hydrogen) atoms. The van der Waals surface area contributed by atoms with Crippen molar-refractivity contribution in [1.82, 2.24) is 0 Å². The lowest BCUT2D eigenvalue weighted by Crippen LogP contribution is -2.22. The van der Waals surface area contributed by atoms with Gasteiger partial charge in [-0.3, -0.25) is 0 Å². The third-order valence-electron chi connectivity index (χ3n) is 2.33. The fourth-order valence-electron chi connectivity index (χ4n) is 1.44. The Hall–Kier alpha value is -1.34. The van der Waals surface area contributed by atoms with Crippen LogP contribution in [0.5, 0.6) is 0 Å². The largest absolute Gasteiger partial charge is 0.457 e. The zero-order chi connectivity index (χ0) is 14.7. The van der Waals surface area contributed by atoms with E-state index in [2.05, 4.69) is 0 Å². The predicted molar refractivity (Wildman–Crippen MR) is 80.4 cm³/mol. The second-order valence-electron chi connectivity index (χ2n) is 5.81. The average Bonchev–Trinajstić information content (AvgIpc) is 2.23. The first-order chi connectivity index (χ1) is 8.58. The Morgan fingerprint density at radius 1 is 1.16 bits per heavy atom. The fourth-order valence-corrected chi connectivity index (χ4v) is 2.31. The van der Waals surface area contributed by atoms with Crippen LogP contribution >= 0.6 is 7.14 Å². The standard InChI is InChI=1S/C15H21O3P/c1-15(2,3)18-14(16)11-8-12-6-9-13(10-7-12)19(4,5)17/h6-11H,1-5H3/b11-8+. The van der Waals surface area contributed by atoms with Crippen LogP contribution in [0.15, 0.2) is 30.3 Å². The predicted octanol–water partition coefficient (Wildman–Crippen LogP) is 3.29. The summed E-state index contributed by atoms with van der Waals surface area (Å²) in [5, 5.41) is 0.835. The third kappa shape index (κ3) is 5.89. The van der Waals surface area contributed by atoms with Crippen molar-refractivity contribution >= 4 is 24.5 Å². The molecule has 3 nitrogen and oxygen atoms in total. The molecule has 0 spiro atoms. The number of ether oxygens (including phenoxy) is 1. The fraction of sp³-hybridized carbons (Fsp3) is 0.400. The zero-order valence-corrected chi connectivity index (χ0v) is 13.0. The molecule has 0 amide bonds. The van der Waals surface area contributed by atoms with E-state index in [-0.39, 0.29) is 5.97 Å². The van der Waals surface area contributed by atoms with Crippen molar-refractivity contribution < 1.29 is 14.1 Å². The van der Waals surface area contributed by atoms with Gasteiger partial charge in [0.25, 0.3) is 0 Å². The first-order valence-corrected chi connectivity index (χ1v) is 8.75. The number of hydrogen-bond donors (Lipinski definition) is 0. The maximum Gasteiger partial charge on any atom is 0.331 e. The van der Waals surface area contributed by atoms with Gasteiger partial charge in [0, 0.05) is 11.4 Å². The molecule has 0 atom stereocenters. The SMILES string of the molecule is CC(C)(C)OC(=O)/C=C/c1ccc(P(C)(C)=O)cc1. The Balaban J connectivity index is 2.73. The summed E-state index contributed by atoms with van der Waals surface area (Å²) in [7, 11) is -2.22. The second-order valence-corrected chi connectivity index (χ2v) is 9.03. The Morgan fingerprint density at radius 2 is 1.68 bits per heavy atom. The van der Waals surface area contributed by atoms with Gasteiger partial charge in [0.15, 0.2) is 0 Å². The summed E-state index contributed by atoms with van der Waals surface area (Å²) in [6.07, 6.45) is 3.09. The Bertz CT molecular complexity index is 515. The molecule has 0 unspecified atom stereocenters. The van der Waals surface area contributed by atoms with Crippen molar-refractivity contribution in [3.8, 4) is 0 Å². The van der Waals surface area contributed by atoms with Gasteiger partial charge in [0.05, 0.1) is 0 Å². The molecule has 0 heterocycles. The quantitative estimate of drug-likeness (QED) is 0.485. The molecule has 0 saturated carbocycles. The highest BCUT2D eigenvalue weighted by Crippen LogP contribution is 2.34. The first kappa shape index (κ1) is 15.7. The van der Waals surface area contributed by atoms with E-state index in [1.807, 2.05) is 45.0 Å². The van der Waals surface area contributed by atoms with Gasteiger partial charge in [-0.25, -0.2) is 4.79 Å². The van der Waals surface area contributed by atoms with Crippen molar-refractivity contribution in [2.75, 3.05) is 13.3 Å². The smallest absolute Gasteiger partial charge is 0.331 e. The molecule has 1 aromatic rings. The molecule has 0 saturated heterocycles. The summed E-state index contributed by atoms with van der Waals surface area (Å²) >= 11 is 0. The van der Waals surface area contributed by atoms with Gasteiger partial charge in [-0.1, -0.05) is 24.3 Å². The normalized spacial score (nSPS) is 12.7. The molecule has 1 aromatic carbocycles. The van der Waals surface area contributed by atoms with Crippen molar-refractivity contribution in [2.45, 2.75) is 26.4 Å². The van der Waals surface area contributed by atoms with Crippen LogP contribution in [0.3, 0.4) is 0 Å². The van der Waals surface area contributed by atoms with E-state index in [9.17, 15) is 9.36 Å². The highest BCUT2D eigenvalue weighted by Gasteiger charge is 2.14. The lowest BCUT2D eigenvalue weighted by atomic mass is 10.2. The Kier molecular flexibility index (Phi) is 4.75. The van der Waals surface area contributed by atoms with Crippen LogP contribution in [-0.4, -0.2) is 24.9 Å². The highest BCUT2D eigenvalue weighted by molar-refractivity contribution is 7.70. The number of esters is 1. The summed E-state index contributed by atoms with van der Waals surface area (Å²) in [6.45, 7) is 8.95. The summed E-state index contributed by atoms with van der Waals surface area (Å²) < 4.78 is 17.0. The van der Waals surface area contributed by atoms with E-state index in [0.717, 1.165) is 10.9 Å². The Labute approximate surface area is 115 Å². The van der Waals surface area contributed by atoms with Crippen LogP contribution in [0.25, 0.3) is 6.08 Å². The number of hydrogen-bond acceptors (Lipinski definition) is 3. The topological polar surface area (TPSA) is 43.4 Å². The zero-order valence-electron chi connectivity index (χ0n) is 12.1. The number of rotatable bonds is 3. The molecular formula is C15H21O3P. The monoisotopic (exact) mass is 280 g/mol. The molecule has 0 aliphatic heterocycles. The maximum absolute atomic E-state index is 11.9. The van der Waals surface area contributed by atoms with Gasteiger partial charge in [0.2, 0.25) is 0 Å². The van der Waals surface area contributed by atoms with Gasteiger partial charge in [-0.15, -0.1) is 0 Å². The molecule has 0 radical (unpaired) electrons. The molecular weight excluding hydrogens is 259 g/mol. The van der Waals surface area contributed by atoms with Crippen molar-refractivity contribution in [3.05, 3.63) is 35.9 Å². The van der Waals surface area contributed by atoms with E-state index >= 15 is 0 Å². The van der Waals surface area contributed by atoms with Crippen LogP contribution < -0.4 is 5.30 Å². The molecule has 0 aliphatic carbocycles. The van der Waals surface area contributed by atoms with Gasteiger partial charge in [-0.05, 0) is 45.7 Å². The second kappa shape index (κ2) is 5.75. The van der Waals surface area contributed by atoms with E-state index in [1.165, 1.54) is 6.08 Å². The molecule has 1 rings (SSSR count). The minimum Gasteiger partial charge on any atom is -0.457 e.